The summed E-state index contributed by atoms with van der Waals surface area (Å²) in [5, 5.41) is 2.86. The highest BCUT2D eigenvalue weighted by Crippen LogP contribution is 2.05. The third kappa shape index (κ3) is 7.78. The van der Waals surface area contributed by atoms with Crippen LogP contribution >= 0.6 is 0 Å². The van der Waals surface area contributed by atoms with Gasteiger partial charge in [0.15, 0.2) is 0 Å². The monoisotopic (exact) mass is 187 g/mol. The number of rotatable bonds is 7. The summed E-state index contributed by atoms with van der Waals surface area (Å²) in [4.78, 5) is 11.2. The Morgan fingerprint density at radius 2 is 2.23 bits per heavy atom. The molecule has 1 amide bonds. The molecule has 0 aliphatic heterocycles. The molecule has 13 heavy (non-hydrogen) atoms. The molecule has 0 aliphatic carbocycles. The van der Waals surface area contributed by atoms with Crippen molar-refractivity contribution < 1.29 is 9.53 Å². The summed E-state index contributed by atoms with van der Waals surface area (Å²) in [6, 6.07) is 0. The quantitative estimate of drug-likeness (QED) is 0.614. The Morgan fingerprint density at radius 1 is 1.54 bits per heavy atom. The molecule has 0 aromatic rings. The van der Waals surface area contributed by atoms with Crippen molar-refractivity contribution in [1.82, 2.24) is 5.32 Å². The van der Waals surface area contributed by atoms with Crippen molar-refractivity contribution in [3.63, 3.8) is 0 Å². The van der Waals surface area contributed by atoms with Crippen molar-refractivity contribution in [3.8, 4) is 0 Å². The topological polar surface area (TPSA) is 38.3 Å². The standard InChI is InChI=1S/C10H21NO2/c1-4-9(2)8-10(12)11-6-5-7-13-3/h9H,4-8H2,1-3H3,(H,11,12). The molecule has 1 atom stereocenters. The van der Waals surface area contributed by atoms with Crippen molar-refractivity contribution in [2.45, 2.75) is 33.1 Å². The lowest BCUT2D eigenvalue weighted by atomic mass is 10.1. The maximum atomic E-state index is 11.2. The molecule has 0 fully saturated rings. The molecule has 0 saturated heterocycles. The summed E-state index contributed by atoms with van der Waals surface area (Å²) < 4.78 is 4.87. The average Bonchev–Trinajstić information content (AvgIpc) is 2.12. The molecular weight excluding hydrogens is 166 g/mol. The maximum absolute atomic E-state index is 11.2. The largest absolute Gasteiger partial charge is 0.385 e. The Morgan fingerprint density at radius 3 is 2.77 bits per heavy atom. The van der Waals surface area contributed by atoms with Crippen molar-refractivity contribution in [2.24, 2.45) is 5.92 Å². The summed E-state index contributed by atoms with van der Waals surface area (Å²) >= 11 is 0. The number of amides is 1. The predicted molar refractivity (Wildman–Crippen MR) is 53.6 cm³/mol. The van der Waals surface area contributed by atoms with Crippen molar-refractivity contribution in [2.75, 3.05) is 20.3 Å². The molecule has 0 spiro atoms. The fraction of sp³-hybridized carbons (Fsp3) is 0.900. The second kappa shape index (κ2) is 8.05. The molecule has 0 radical (unpaired) electrons. The van der Waals surface area contributed by atoms with Gasteiger partial charge in [0.2, 0.25) is 5.91 Å². The molecule has 0 heterocycles. The van der Waals surface area contributed by atoms with E-state index >= 15 is 0 Å². The molecule has 0 aromatic heterocycles. The molecule has 3 nitrogen and oxygen atoms in total. The zero-order chi connectivity index (χ0) is 10.1. The molecule has 1 unspecified atom stereocenters. The van der Waals surface area contributed by atoms with Gasteiger partial charge in [0.25, 0.3) is 0 Å². The molecule has 0 rings (SSSR count). The van der Waals surface area contributed by atoms with Crippen LogP contribution in [-0.4, -0.2) is 26.2 Å². The van der Waals surface area contributed by atoms with Crippen LogP contribution in [-0.2, 0) is 9.53 Å². The van der Waals surface area contributed by atoms with Crippen LogP contribution in [0.1, 0.15) is 33.1 Å². The van der Waals surface area contributed by atoms with Crippen LogP contribution in [0.25, 0.3) is 0 Å². The number of methoxy groups -OCH3 is 1. The van der Waals surface area contributed by atoms with E-state index in [0.29, 0.717) is 18.9 Å². The van der Waals surface area contributed by atoms with Crippen LogP contribution in [0.5, 0.6) is 0 Å². The van der Waals surface area contributed by atoms with Gasteiger partial charge in [-0.15, -0.1) is 0 Å². The molecule has 78 valence electrons. The van der Waals surface area contributed by atoms with Gasteiger partial charge >= 0.3 is 0 Å². The van der Waals surface area contributed by atoms with E-state index < -0.39 is 0 Å². The molecule has 0 aromatic carbocycles. The average molecular weight is 187 g/mol. The summed E-state index contributed by atoms with van der Waals surface area (Å²) in [6.07, 6.45) is 2.59. The van der Waals surface area contributed by atoms with Crippen LogP contribution in [0.15, 0.2) is 0 Å². The number of hydrogen-bond acceptors (Lipinski definition) is 2. The first-order valence-corrected chi connectivity index (χ1v) is 4.96. The normalized spacial score (nSPS) is 12.5. The van der Waals surface area contributed by atoms with Gasteiger partial charge in [-0.3, -0.25) is 4.79 Å². The van der Waals surface area contributed by atoms with Gasteiger partial charge in [0, 0.05) is 26.7 Å². The van der Waals surface area contributed by atoms with E-state index in [2.05, 4.69) is 19.2 Å². The van der Waals surface area contributed by atoms with E-state index in [-0.39, 0.29) is 5.91 Å². The summed E-state index contributed by atoms with van der Waals surface area (Å²) in [5.74, 6) is 0.646. The summed E-state index contributed by atoms with van der Waals surface area (Å²) in [7, 11) is 1.67. The highest BCUT2D eigenvalue weighted by Gasteiger charge is 2.05. The van der Waals surface area contributed by atoms with Gasteiger partial charge in [-0.25, -0.2) is 0 Å². The first-order chi connectivity index (χ1) is 6.20. The zero-order valence-corrected chi connectivity index (χ0v) is 8.93. The van der Waals surface area contributed by atoms with E-state index in [1.807, 2.05) is 0 Å². The van der Waals surface area contributed by atoms with Gasteiger partial charge in [-0.05, 0) is 12.3 Å². The first kappa shape index (κ1) is 12.4. The van der Waals surface area contributed by atoms with Gasteiger partial charge in [-0.1, -0.05) is 20.3 Å². The molecular formula is C10H21NO2. The van der Waals surface area contributed by atoms with E-state index in [1.54, 1.807) is 7.11 Å². The Labute approximate surface area is 80.8 Å². The summed E-state index contributed by atoms with van der Waals surface area (Å²) in [5.41, 5.74) is 0. The minimum Gasteiger partial charge on any atom is -0.385 e. The van der Waals surface area contributed by atoms with Crippen LogP contribution in [0, 0.1) is 5.92 Å². The number of carbonyl (C=O) groups excluding carboxylic acids is 1. The number of carbonyl (C=O) groups is 1. The fourth-order valence-corrected chi connectivity index (χ4v) is 0.977. The fourth-order valence-electron chi connectivity index (χ4n) is 0.977. The minimum absolute atomic E-state index is 0.158. The van der Waals surface area contributed by atoms with Crippen LogP contribution in [0.3, 0.4) is 0 Å². The Kier molecular flexibility index (Phi) is 7.69. The predicted octanol–water partition coefficient (Wildman–Crippen LogP) is 1.58. The van der Waals surface area contributed by atoms with Crippen LogP contribution in [0.2, 0.25) is 0 Å². The molecule has 3 heteroatoms. The number of ether oxygens (including phenoxy) is 1. The zero-order valence-electron chi connectivity index (χ0n) is 8.93. The van der Waals surface area contributed by atoms with Crippen molar-refractivity contribution in [1.29, 1.82) is 0 Å². The Balaban J connectivity index is 3.30. The third-order valence-corrected chi connectivity index (χ3v) is 2.08. The number of nitrogens with one attached hydrogen (secondary N) is 1. The Bertz CT molecular complexity index is 137. The highest BCUT2D eigenvalue weighted by molar-refractivity contribution is 5.76. The lowest BCUT2D eigenvalue weighted by Gasteiger charge is -2.08. The highest BCUT2D eigenvalue weighted by atomic mass is 16.5. The van der Waals surface area contributed by atoms with Crippen molar-refractivity contribution in [3.05, 3.63) is 0 Å². The van der Waals surface area contributed by atoms with Gasteiger partial charge < -0.3 is 10.1 Å². The molecule has 1 N–H and O–H groups in total. The van der Waals surface area contributed by atoms with Gasteiger partial charge in [0.1, 0.15) is 0 Å². The lowest BCUT2D eigenvalue weighted by Crippen LogP contribution is -2.26. The van der Waals surface area contributed by atoms with E-state index in [0.717, 1.165) is 19.4 Å². The molecule has 0 saturated carbocycles. The van der Waals surface area contributed by atoms with Gasteiger partial charge in [0.05, 0.1) is 0 Å². The first-order valence-electron chi connectivity index (χ1n) is 4.96. The van der Waals surface area contributed by atoms with E-state index in [4.69, 9.17) is 4.74 Å². The van der Waals surface area contributed by atoms with Gasteiger partial charge in [-0.2, -0.15) is 0 Å². The minimum atomic E-state index is 0.158. The SMILES string of the molecule is CCC(C)CC(=O)NCCCOC. The Hall–Kier alpha value is -0.570. The maximum Gasteiger partial charge on any atom is 0.220 e. The molecule has 0 aliphatic rings. The van der Waals surface area contributed by atoms with E-state index in [1.165, 1.54) is 0 Å². The third-order valence-electron chi connectivity index (χ3n) is 2.08. The second-order valence-corrected chi connectivity index (χ2v) is 3.41. The van der Waals surface area contributed by atoms with Crippen LogP contribution < -0.4 is 5.32 Å². The summed E-state index contributed by atoms with van der Waals surface area (Å²) in [6.45, 7) is 5.63. The smallest absolute Gasteiger partial charge is 0.220 e. The van der Waals surface area contributed by atoms with Crippen LogP contribution in [0.4, 0.5) is 0 Å². The van der Waals surface area contributed by atoms with Crippen molar-refractivity contribution >= 4 is 5.91 Å². The second-order valence-electron chi connectivity index (χ2n) is 3.41. The number of hydrogen-bond donors (Lipinski definition) is 1. The lowest BCUT2D eigenvalue weighted by molar-refractivity contribution is -0.121. The van der Waals surface area contributed by atoms with E-state index in [9.17, 15) is 4.79 Å². The molecule has 0 bridgehead atoms.